The summed E-state index contributed by atoms with van der Waals surface area (Å²) >= 11 is 1.32. The molecule has 0 spiro atoms. The van der Waals surface area contributed by atoms with Crippen molar-refractivity contribution in [2.45, 2.75) is 6.92 Å². The van der Waals surface area contributed by atoms with Crippen LogP contribution < -0.4 is 0 Å². The van der Waals surface area contributed by atoms with Crippen molar-refractivity contribution in [1.29, 1.82) is 0 Å². The summed E-state index contributed by atoms with van der Waals surface area (Å²) in [6, 6.07) is 5.78. The molecule has 0 aliphatic rings. The maximum atomic E-state index is 5.00. The van der Waals surface area contributed by atoms with Gasteiger partial charge in [-0.15, -0.1) is 0 Å². The topological polar surface area (TPSA) is 22.1 Å². The first-order chi connectivity index (χ1) is 6.33. The van der Waals surface area contributed by atoms with Gasteiger partial charge in [0, 0.05) is 11.9 Å². The second-order valence-electron chi connectivity index (χ2n) is 2.39. The standard InChI is InChI=1S/C10H11NOS/c1-9-5-3-6-10(11-9)7-4-8-12-13-2/h3,5-6H,8H2,1-2H3. The third-order valence-corrected chi connectivity index (χ3v) is 1.71. The average Bonchev–Trinajstić information content (AvgIpc) is 2.13. The van der Waals surface area contributed by atoms with Gasteiger partial charge in [-0.25, -0.2) is 4.98 Å². The van der Waals surface area contributed by atoms with Crippen molar-refractivity contribution >= 4 is 12.0 Å². The molecule has 68 valence electrons. The van der Waals surface area contributed by atoms with Crippen molar-refractivity contribution in [3.05, 3.63) is 29.6 Å². The maximum Gasteiger partial charge on any atom is 0.122 e. The highest BCUT2D eigenvalue weighted by atomic mass is 32.2. The Morgan fingerprint density at radius 2 is 2.38 bits per heavy atom. The minimum Gasteiger partial charge on any atom is -0.303 e. The molecule has 2 nitrogen and oxygen atoms in total. The Bertz CT molecular complexity index is 327. The van der Waals surface area contributed by atoms with Crippen LogP contribution in [0.1, 0.15) is 11.4 Å². The van der Waals surface area contributed by atoms with Crippen molar-refractivity contribution in [3.63, 3.8) is 0 Å². The highest BCUT2D eigenvalue weighted by Gasteiger charge is 1.87. The van der Waals surface area contributed by atoms with Gasteiger partial charge < -0.3 is 4.18 Å². The van der Waals surface area contributed by atoms with Gasteiger partial charge in [0.25, 0.3) is 0 Å². The minimum atomic E-state index is 0.441. The van der Waals surface area contributed by atoms with Gasteiger partial charge in [-0.05, 0) is 37.0 Å². The Morgan fingerprint density at radius 1 is 1.54 bits per heavy atom. The van der Waals surface area contributed by atoms with E-state index in [2.05, 4.69) is 16.8 Å². The summed E-state index contributed by atoms with van der Waals surface area (Å²) in [5.41, 5.74) is 1.78. The van der Waals surface area contributed by atoms with Crippen LogP contribution in [0.4, 0.5) is 0 Å². The molecule has 0 N–H and O–H groups in total. The lowest BCUT2D eigenvalue weighted by Crippen LogP contribution is -1.86. The van der Waals surface area contributed by atoms with Crippen LogP contribution in [-0.2, 0) is 4.18 Å². The van der Waals surface area contributed by atoms with Crippen LogP contribution in [-0.4, -0.2) is 17.8 Å². The van der Waals surface area contributed by atoms with Crippen LogP contribution >= 0.6 is 12.0 Å². The third kappa shape index (κ3) is 3.97. The monoisotopic (exact) mass is 193 g/mol. The molecule has 13 heavy (non-hydrogen) atoms. The zero-order valence-electron chi connectivity index (χ0n) is 7.70. The predicted octanol–water partition coefficient (Wildman–Crippen LogP) is 2.04. The van der Waals surface area contributed by atoms with Gasteiger partial charge in [-0.2, -0.15) is 0 Å². The molecule has 0 saturated heterocycles. The molecule has 1 aromatic rings. The molecule has 1 rings (SSSR count). The number of aryl methyl sites for hydroxylation is 1. The van der Waals surface area contributed by atoms with E-state index < -0.39 is 0 Å². The van der Waals surface area contributed by atoms with Crippen molar-refractivity contribution in [1.82, 2.24) is 4.98 Å². The smallest absolute Gasteiger partial charge is 0.122 e. The number of hydrogen-bond donors (Lipinski definition) is 0. The van der Waals surface area contributed by atoms with Gasteiger partial charge in [0.15, 0.2) is 0 Å². The molecule has 3 heteroatoms. The van der Waals surface area contributed by atoms with Gasteiger partial charge in [0.2, 0.25) is 0 Å². The first kappa shape index (κ1) is 10.1. The van der Waals surface area contributed by atoms with E-state index in [0.717, 1.165) is 11.4 Å². The molecule has 0 saturated carbocycles. The van der Waals surface area contributed by atoms with Crippen LogP contribution in [0.5, 0.6) is 0 Å². The molecule has 1 aromatic heterocycles. The third-order valence-electron chi connectivity index (χ3n) is 1.35. The fourth-order valence-corrected chi connectivity index (χ4v) is 1.00. The average molecular weight is 193 g/mol. The number of pyridine rings is 1. The van der Waals surface area contributed by atoms with E-state index >= 15 is 0 Å². The van der Waals surface area contributed by atoms with Crippen molar-refractivity contribution in [2.24, 2.45) is 0 Å². The molecule has 0 atom stereocenters. The van der Waals surface area contributed by atoms with Crippen molar-refractivity contribution < 1.29 is 4.18 Å². The van der Waals surface area contributed by atoms with Gasteiger partial charge in [-0.3, -0.25) is 0 Å². The summed E-state index contributed by atoms with van der Waals surface area (Å²) in [6.45, 7) is 2.39. The molecule has 0 bridgehead atoms. The number of rotatable bonds is 2. The molecule has 0 amide bonds. The molecule has 0 unspecified atom stereocenters. The van der Waals surface area contributed by atoms with E-state index in [1.165, 1.54) is 12.0 Å². The van der Waals surface area contributed by atoms with Gasteiger partial charge in [0.1, 0.15) is 12.3 Å². The van der Waals surface area contributed by atoms with Crippen LogP contribution in [0.15, 0.2) is 18.2 Å². The highest BCUT2D eigenvalue weighted by molar-refractivity contribution is 7.93. The normalized spacial score (nSPS) is 9.08. The largest absolute Gasteiger partial charge is 0.303 e. The summed E-state index contributed by atoms with van der Waals surface area (Å²) in [5.74, 6) is 5.80. The van der Waals surface area contributed by atoms with E-state index in [0.29, 0.717) is 6.61 Å². The van der Waals surface area contributed by atoms with Crippen LogP contribution in [0.2, 0.25) is 0 Å². The Hall–Kier alpha value is -0.980. The maximum absolute atomic E-state index is 5.00. The second-order valence-corrected chi connectivity index (χ2v) is 2.96. The molecule has 0 fully saturated rings. The summed E-state index contributed by atoms with van der Waals surface area (Å²) in [4.78, 5) is 4.23. The lowest BCUT2D eigenvalue weighted by Gasteiger charge is -1.91. The Kier molecular flexibility index (Phi) is 4.37. The lowest BCUT2D eigenvalue weighted by atomic mass is 10.3. The lowest BCUT2D eigenvalue weighted by molar-refractivity contribution is 0.440. The fraction of sp³-hybridized carbons (Fsp3) is 0.300. The Morgan fingerprint density at radius 3 is 3.08 bits per heavy atom. The van der Waals surface area contributed by atoms with Gasteiger partial charge >= 0.3 is 0 Å². The van der Waals surface area contributed by atoms with E-state index in [1.54, 1.807) is 0 Å². The number of aromatic nitrogens is 1. The van der Waals surface area contributed by atoms with Crippen LogP contribution in [0.25, 0.3) is 0 Å². The molecule has 0 aromatic carbocycles. The molecular weight excluding hydrogens is 182 g/mol. The number of hydrogen-bond acceptors (Lipinski definition) is 3. The molecule has 0 radical (unpaired) electrons. The molecule has 0 aliphatic heterocycles. The number of nitrogens with zero attached hydrogens (tertiary/aromatic N) is 1. The SMILES string of the molecule is CSOCC#Cc1cccc(C)n1. The summed E-state index contributed by atoms with van der Waals surface area (Å²) in [5, 5.41) is 0. The predicted molar refractivity (Wildman–Crippen MR) is 55.3 cm³/mol. The van der Waals surface area contributed by atoms with Crippen LogP contribution in [0, 0.1) is 18.8 Å². The fourth-order valence-electron chi connectivity index (χ4n) is 0.828. The zero-order chi connectivity index (χ0) is 9.52. The van der Waals surface area contributed by atoms with Gasteiger partial charge in [-0.1, -0.05) is 12.0 Å². The zero-order valence-corrected chi connectivity index (χ0v) is 8.52. The van der Waals surface area contributed by atoms with Crippen LogP contribution in [0.3, 0.4) is 0 Å². The van der Waals surface area contributed by atoms with E-state index in [-0.39, 0.29) is 0 Å². The Labute approximate surface area is 82.9 Å². The molecular formula is C10H11NOS. The summed E-state index contributed by atoms with van der Waals surface area (Å²) < 4.78 is 5.00. The second kappa shape index (κ2) is 5.63. The van der Waals surface area contributed by atoms with Gasteiger partial charge in [0.05, 0.1) is 0 Å². The Balaban J connectivity index is 2.56. The summed E-state index contributed by atoms with van der Waals surface area (Å²) in [6.07, 6.45) is 1.87. The first-order valence-electron chi connectivity index (χ1n) is 3.91. The van der Waals surface area contributed by atoms with E-state index in [4.69, 9.17) is 4.18 Å². The molecule has 1 heterocycles. The molecule has 0 aliphatic carbocycles. The highest BCUT2D eigenvalue weighted by Crippen LogP contribution is 1.96. The minimum absolute atomic E-state index is 0.441. The van der Waals surface area contributed by atoms with Crippen molar-refractivity contribution in [2.75, 3.05) is 12.9 Å². The quantitative estimate of drug-likeness (QED) is 0.407. The van der Waals surface area contributed by atoms with E-state index in [9.17, 15) is 0 Å². The summed E-state index contributed by atoms with van der Waals surface area (Å²) in [7, 11) is 0. The first-order valence-corrected chi connectivity index (χ1v) is 5.06. The van der Waals surface area contributed by atoms with E-state index in [1.807, 2.05) is 31.4 Å². The van der Waals surface area contributed by atoms with Crippen molar-refractivity contribution in [3.8, 4) is 11.8 Å².